The van der Waals surface area contributed by atoms with Gasteiger partial charge in [-0.25, -0.2) is 0 Å². The maximum Gasteiger partial charge on any atom is 0.251 e. The topological polar surface area (TPSA) is 61.4 Å². The van der Waals surface area contributed by atoms with Crippen LogP contribution in [0.4, 0.5) is 0 Å². The number of nitrogens with one attached hydrogen (secondary N) is 2. The summed E-state index contributed by atoms with van der Waals surface area (Å²) in [7, 11) is 0. The van der Waals surface area contributed by atoms with Crippen molar-refractivity contribution >= 4 is 5.91 Å². The maximum absolute atomic E-state index is 11.6. The van der Waals surface area contributed by atoms with Crippen LogP contribution in [-0.2, 0) is 0 Å². The third kappa shape index (κ3) is 4.31. The molecule has 0 heterocycles. The SMILES string of the molecule is CCNCCCNC(=O)c1cccc(O)c1. The lowest BCUT2D eigenvalue weighted by Gasteiger charge is -2.05. The molecule has 4 heteroatoms. The van der Waals surface area contributed by atoms with Crippen LogP contribution in [0, 0.1) is 0 Å². The molecule has 0 spiro atoms. The first kappa shape index (κ1) is 12.5. The van der Waals surface area contributed by atoms with Crippen LogP contribution in [0.15, 0.2) is 24.3 Å². The fourth-order valence-electron chi connectivity index (χ4n) is 1.34. The minimum Gasteiger partial charge on any atom is -0.508 e. The molecule has 0 aliphatic rings. The van der Waals surface area contributed by atoms with Gasteiger partial charge in [0.05, 0.1) is 0 Å². The molecule has 3 N–H and O–H groups in total. The minimum atomic E-state index is -0.146. The Labute approximate surface area is 95.7 Å². The largest absolute Gasteiger partial charge is 0.508 e. The van der Waals surface area contributed by atoms with Crippen molar-refractivity contribution in [3.05, 3.63) is 29.8 Å². The first-order valence-corrected chi connectivity index (χ1v) is 5.52. The van der Waals surface area contributed by atoms with Crippen LogP contribution in [0.5, 0.6) is 5.75 Å². The molecule has 0 unspecified atom stereocenters. The zero-order valence-electron chi connectivity index (χ0n) is 9.49. The van der Waals surface area contributed by atoms with Gasteiger partial charge in [0.15, 0.2) is 0 Å². The molecule has 4 nitrogen and oxygen atoms in total. The first-order valence-electron chi connectivity index (χ1n) is 5.52. The van der Waals surface area contributed by atoms with E-state index in [0.717, 1.165) is 19.5 Å². The molecule has 16 heavy (non-hydrogen) atoms. The number of hydrogen-bond donors (Lipinski definition) is 3. The van der Waals surface area contributed by atoms with Crippen molar-refractivity contribution in [2.24, 2.45) is 0 Å². The van der Waals surface area contributed by atoms with Gasteiger partial charge in [0.2, 0.25) is 0 Å². The van der Waals surface area contributed by atoms with Gasteiger partial charge in [-0.15, -0.1) is 0 Å². The van der Waals surface area contributed by atoms with Gasteiger partial charge in [-0.3, -0.25) is 4.79 Å². The van der Waals surface area contributed by atoms with E-state index >= 15 is 0 Å². The third-order valence-corrected chi connectivity index (χ3v) is 2.17. The summed E-state index contributed by atoms with van der Waals surface area (Å²) in [5.41, 5.74) is 0.489. The predicted octanol–water partition coefficient (Wildman–Crippen LogP) is 1.12. The molecule has 0 atom stereocenters. The van der Waals surface area contributed by atoms with Crippen LogP contribution in [0.3, 0.4) is 0 Å². The van der Waals surface area contributed by atoms with Crippen LogP contribution in [0.1, 0.15) is 23.7 Å². The van der Waals surface area contributed by atoms with E-state index in [0.29, 0.717) is 12.1 Å². The number of amides is 1. The molecule has 0 aliphatic carbocycles. The van der Waals surface area contributed by atoms with E-state index in [9.17, 15) is 9.90 Å². The molecule has 1 aromatic rings. The second-order valence-corrected chi connectivity index (χ2v) is 3.51. The number of phenols is 1. The van der Waals surface area contributed by atoms with Crippen molar-refractivity contribution in [1.29, 1.82) is 0 Å². The fraction of sp³-hybridized carbons (Fsp3) is 0.417. The Morgan fingerprint density at radius 3 is 2.88 bits per heavy atom. The highest BCUT2D eigenvalue weighted by atomic mass is 16.3. The molecule has 0 bridgehead atoms. The highest BCUT2D eigenvalue weighted by Crippen LogP contribution is 2.10. The molecule has 0 aromatic heterocycles. The number of phenolic OH excluding ortho intramolecular Hbond substituents is 1. The smallest absolute Gasteiger partial charge is 0.251 e. The lowest BCUT2D eigenvalue weighted by Crippen LogP contribution is -2.27. The van der Waals surface area contributed by atoms with Gasteiger partial charge in [0.1, 0.15) is 5.75 Å². The average molecular weight is 222 g/mol. The van der Waals surface area contributed by atoms with Crippen LogP contribution in [0.25, 0.3) is 0 Å². The van der Waals surface area contributed by atoms with E-state index in [2.05, 4.69) is 10.6 Å². The second kappa shape index (κ2) is 6.85. The van der Waals surface area contributed by atoms with Gasteiger partial charge in [-0.05, 0) is 37.7 Å². The van der Waals surface area contributed by atoms with Gasteiger partial charge >= 0.3 is 0 Å². The summed E-state index contributed by atoms with van der Waals surface area (Å²) in [6.07, 6.45) is 0.901. The van der Waals surface area contributed by atoms with E-state index in [1.165, 1.54) is 6.07 Å². The normalized spacial score (nSPS) is 10.1. The highest BCUT2D eigenvalue weighted by molar-refractivity contribution is 5.94. The average Bonchev–Trinajstić information content (AvgIpc) is 2.28. The summed E-state index contributed by atoms with van der Waals surface area (Å²) < 4.78 is 0. The fourth-order valence-corrected chi connectivity index (χ4v) is 1.34. The second-order valence-electron chi connectivity index (χ2n) is 3.51. The van der Waals surface area contributed by atoms with Gasteiger partial charge in [0, 0.05) is 12.1 Å². The summed E-state index contributed by atoms with van der Waals surface area (Å²) >= 11 is 0. The zero-order chi connectivity index (χ0) is 11.8. The van der Waals surface area contributed by atoms with Crippen molar-refractivity contribution < 1.29 is 9.90 Å². The summed E-state index contributed by atoms with van der Waals surface area (Å²) in [6, 6.07) is 6.34. The van der Waals surface area contributed by atoms with E-state index in [4.69, 9.17) is 0 Å². The molecular weight excluding hydrogens is 204 g/mol. The lowest BCUT2D eigenvalue weighted by molar-refractivity contribution is 0.0953. The molecule has 1 amide bonds. The van der Waals surface area contributed by atoms with Crippen molar-refractivity contribution in [3.8, 4) is 5.75 Å². The first-order chi connectivity index (χ1) is 7.74. The Hall–Kier alpha value is -1.55. The number of carbonyl (C=O) groups excluding carboxylic acids is 1. The van der Waals surface area contributed by atoms with E-state index in [-0.39, 0.29) is 11.7 Å². The molecule has 0 fully saturated rings. The maximum atomic E-state index is 11.6. The predicted molar refractivity (Wildman–Crippen MR) is 63.6 cm³/mol. The Balaban J connectivity index is 2.30. The monoisotopic (exact) mass is 222 g/mol. The standard InChI is InChI=1S/C12H18N2O2/c1-2-13-7-4-8-14-12(16)10-5-3-6-11(15)9-10/h3,5-6,9,13,15H,2,4,7-8H2,1H3,(H,14,16). The van der Waals surface area contributed by atoms with E-state index < -0.39 is 0 Å². The van der Waals surface area contributed by atoms with Crippen molar-refractivity contribution in [2.45, 2.75) is 13.3 Å². The molecule has 1 rings (SSSR count). The van der Waals surface area contributed by atoms with Crippen LogP contribution in [-0.4, -0.2) is 30.6 Å². The summed E-state index contributed by atoms with van der Waals surface area (Å²) in [4.78, 5) is 11.6. The molecule has 0 saturated heterocycles. The van der Waals surface area contributed by atoms with E-state index in [1.54, 1.807) is 18.2 Å². The van der Waals surface area contributed by atoms with Gasteiger partial charge in [-0.2, -0.15) is 0 Å². The molecule has 1 aromatic carbocycles. The summed E-state index contributed by atoms with van der Waals surface area (Å²) in [6.45, 7) is 4.53. The summed E-state index contributed by atoms with van der Waals surface area (Å²) in [5.74, 6) is -0.0345. The quantitative estimate of drug-likeness (QED) is 0.632. The van der Waals surface area contributed by atoms with Gasteiger partial charge in [-0.1, -0.05) is 13.0 Å². The molecule has 0 saturated carbocycles. The van der Waals surface area contributed by atoms with Crippen LogP contribution < -0.4 is 10.6 Å². The number of rotatable bonds is 6. The Bertz CT molecular complexity index is 340. The lowest BCUT2D eigenvalue weighted by atomic mass is 10.2. The van der Waals surface area contributed by atoms with Gasteiger partial charge < -0.3 is 15.7 Å². The third-order valence-electron chi connectivity index (χ3n) is 2.17. The number of aromatic hydroxyl groups is 1. The summed E-state index contributed by atoms with van der Waals surface area (Å²) in [5, 5.41) is 15.2. The van der Waals surface area contributed by atoms with Crippen molar-refractivity contribution in [2.75, 3.05) is 19.6 Å². The molecule has 0 aliphatic heterocycles. The Kier molecular flexibility index (Phi) is 5.36. The Morgan fingerprint density at radius 1 is 1.38 bits per heavy atom. The van der Waals surface area contributed by atoms with Crippen molar-refractivity contribution in [1.82, 2.24) is 10.6 Å². The molecule has 0 radical (unpaired) electrons. The molecule has 88 valence electrons. The number of hydrogen-bond acceptors (Lipinski definition) is 3. The number of carbonyl (C=O) groups is 1. The zero-order valence-corrected chi connectivity index (χ0v) is 9.49. The van der Waals surface area contributed by atoms with Crippen molar-refractivity contribution in [3.63, 3.8) is 0 Å². The molecular formula is C12H18N2O2. The van der Waals surface area contributed by atoms with Crippen LogP contribution >= 0.6 is 0 Å². The van der Waals surface area contributed by atoms with E-state index in [1.807, 2.05) is 6.92 Å². The van der Waals surface area contributed by atoms with Gasteiger partial charge in [0.25, 0.3) is 5.91 Å². The minimum absolute atomic E-state index is 0.111. The highest BCUT2D eigenvalue weighted by Gasteiger charge is 2.04. The number of benzene rings is 1. The Morgan fingerprint density at radius 2 is 2.19 bits per heavy atom. The van der Waals surface area contributed by atoms with Crippen LogP contribution in [0.2, 0.25) is 0 Å².